The predicted molar refractivity (Wildman–Crippen MR) is 70.6 cm³/mol. The van der Waals surface area contributed by atoms with E-state index in [1.54, 1.807) is 18.2 Å². The van der Waals surface area contributed by atoms with Crippen molar-refractivity contribution in [2.45, 2.75) is 6.92 Å². The smallest absolute Gasteiger partial charge is 0.257 e. The summed E-state index contributed by atoms with van der Waals surface area (Å²) in [5.74, 6) is -0.279. The third-order valence-electron chi connectivity index (χ3n) is 2.55. The molecular weight excluding hydrogens is 230 g/mol. The standard InChI is InChI=1S/C13H13N3O2/c1-8-6-10(14)3-4-11(8)16-13(18)9-2-5-12(17)15-7-9/h2-7H,14H2,1H3,(H,15,17)(H,16,18). The third kappa shape index (κ3) is 2.57. The number of carbonyl (C=O) groups excluding carboxylic acids is 1. The van der Waals surface area contributed by atoms with Crippen LogP contribution in [0.25, 0.3) is 0 Å². The maximum absolute atomic E-state index is 11.9. The van der Waals surface area contributed by atoms with E-state index in [1.165, 1.54) is 18.3 Å². The van der Waals surface area contributed by atoms with Gasteiger partial charge in [0.2, 0.25) is 5.56 Å². The Kier molecular flexibility index (Phi) is 3.14. The van der Waals surface area contributed by atoms with Crippen LogP contribution in [0.2, 0.25) is 0 Å². The Labute approximate surface area is 104 Å². The second-order valence-electron chi connectivity index (χ2n) is 3.97. The highest BCUT2D eigenvalue weighted by atomic mass is 16.1. The molecule has 0 aliphatic carbocycles. The van der Waals surface area contributed by atoms with Crippen LogP contribution in [0.1, 0.15) is 15.9 Å². The molecule has 0 fully saturated rings. The van der Waals surface area contributed by atoms with Gasteiger partial charge in [0.15, 0.2) is 0 Å². The lowest BCUT2D eigenvalue weighted by atomic mass is 10.1. The highest BCUT2D eigenvalue weighted by Crippen LogP contribution is 2.18. The van der Waals surface area contributed by atoms with Gasteiger partial charge in [0.05, 0.1) is 5.56 Å². The summed E-state index contributed by atoms with van der Waals surface area (Å²) in [6, 6.07) is 8.03. The van der Waals surface area contributed by atoms with Crippen LogP contribution in [0.5, 0.6) is 0 Å². The molecule has 2 aromatic rings. The first-order valence-electron chi connectivity index (χ1n) is 5.42. The van der Waals surface area contributed by atoms with Crippen molar-refractivity contribution in [1.29, 1.82) is 0 Å². The van der Waals surface area contributed by atoms with Gasteiger partial charge in [-0.3, -0.25) is 9.59 Å². The monoisotopic (exact) mass is 243 g/mol. The van der Waals surface area contributed by atoms with Crippen LogP contribution in [0.4, 0.5) is 11.4 Å². The van der Waals surface area contributed by atoms with Crippen molar-refractivity contribution in [2.75, 3.05) is 11.1 Å². The van der Waals surface area contributed by atoms with Crippen molar-refractivity contribution in [1.82, 2.24) is 4.98 Å². The number of H-pyrrole nitrogens is 1. The predicted octanol–water partition coefficient (Wildman–Crippen LogP) is 1.52. The zero-order valence-corrected chi connectivity index (χ0v) is 9.86. The van der Waals surface area contributed by atoms with Gasteiger partial charge in [-0.25, -0.2) is 0 Å². The summed E-state index contributed by atoms with van der Waals surface area (Å²) in [6.45, 7) is 1.86. The quantitative estimate of drug-likeness (QED) is 0.699. The summed E-state index contributed by atoms with van der Waals surface area (Å²) in [5, 5.41) is 2.76. The van der Waals surface area contributed by atoms with E-state index in [-0.39, 0.29) is 11.5 Å². The molecule has 2 rings (SSSR count). The minimum atomic E-state index is -0.279. The average Bonchev–Trinajstić information content (AvgIpc) is 2.33. The van der Waals surface area contributed by atoms with Gasteiger partial charge in [-0.15, -0.1) is 0 Å². The number of amides is 1. The highest BCUT2D eigenvalue weighted by Gasteiger charge is 2.07. The number of hydrogen-bond acceptors (Lipinski definition) is 3. The van der Waals surface area contributed by atoms with Crippen molar-refractivity contribution in [3.63, 3.8) is 0 Å². The van der Waals surface area contributed by atoms with E-state index in [4.69, 9.17) is 5.73 Å². The first-order valence-corrected chi connectivity index (χ1v) is 5.42. The molecule has 1 heterocycles. The topological polar surface area (TPSA) is 88.0 Å². The van der Waals surface area contributed by atoms with Crippen molar-refractivity contribution in [3.8, 4) is 0 Å². The molecular formula is C13H13N3O2. The lowest BCUT2D eigenvalue weighted by Gasteiger charge is -2.08. The zero-order chi connectivity index (χ0) is 13.1. The van der Waals surface area contributed by atoms with E-state index < -0.39 is 0 Å². The minimum absolute atomic E-state index is 0.241. The summed E-state index contributed by atoms with van der Waals surface area (Å²) >= 11 is 0. The average molecular weight is 243 g/mol. The molecule has 0 aliphatic rings. The molecule has 18 heavy (non-hydrogen) atoms. The molecule has 0 bridgehead atoms. The minimum Gasteiger partial charge on any atom is -0.399 e. The Balaban J connectivity index is 2.21. The molecule has 0 saturated carbocycles. The molecule has 5 heteroatoms. The molecule has 0 spiro atoms. The molecule has 4 N–H and O–H groups in total. The Morgan fingerprint density at radius 2 is 2.06 bits per heavy atom. The molecule has 1 amide bonds. The van der Waals surface area contributed by atoms with Crippen molar-refractivity contribution in [2.24, 2.45) is 0 Å². The first kappa shape index (κ1) is 11.9. The second kappa shape index (κ2) is 4.75. The highest BCUT2D eigenvalue weighted by molar-refractivity contribution is 6.04. The van der Waals surface area contributed by atoms with Crippen molar-refractivity contribution < 1.29 is 4.79 Å². The summed E-state index contributed by atoms with van der Waals surface area (Å²) in [5.41, 5.74) is 8.01. The van der Waals surface area contributed by atoms with Crippen molar-refractivity contribution >= 4 is 17.3 Å². The van der Waals surface area contributed by atoms with Crippen molar-refractivity contribution in [3.05, 3.63) is 58.0 Å². The molecule has 1 aromatic heterocycles. The number of pyridine rings is 1. The number of carbonyl (C=O) groups is 1. The van der Waals surface area contributed by atoms with E-state index in [0.717, 1.165) is 5.56 Å². The maximum Gasteiger partial charge on any atom is 0.257 e. The summed E-state index contributed by atoms with van der Waals surface area (Å²) in [7, 11) is 0. The maximum atomic E-state index is 11.9. The number of nitrogen functional groups attached to an aromatic ring is 1. The molecule has 0 unspecified atom stereocenters. The number of hydrogen-bond donors (Lipinski definition) is 3. The van der Waals surface area contributed by atoms with Gasteiger partial charge in [0, 0.05) is 23.6 Å². The van der Waals surface area contributed by atoms with E-state index in [2.05, 4.69) is 10.3 Å². The van der Waals surface area contributed by atoms with Crippen LogP contribution in [0, 0.1) is 6.92 Å². The second-order valence-corrected chi connectivity index (χ2v) is 3.97. The molecule has 1 aromatic carbocycles. The lowest BCUT2D eigenvalue weighted by molar-refractivity contribution is 0.102. The molecule has 0 aliphatic heterocycles. The summed E-state index contributed by atoms with van der Waals surface area (Å²) in [4.78, 5) is 25.2. The lowest BCUT2D eigenvalue weighted by Crippen LogP contribution is -2.15. The normalized spacial score (nSPS) is 10.1. The molecule has 92 valence electrons. The number of aryl methyl sites for hydroxylation is 1. The van der Waals surface area contributed by atoms with Gasteiger partial charge in [-0.2, -0.15) is 0 Å². The Bertz CT molecular complexity index is 626. The van der Waals surface area contributed by atoms with Crippen LogP contribution in [-0.2, 0) is 0 Å². The molecule has 0 radical (unpaired) electrons. The van der Waals surface area contributed by atoms with Gasteiger partial charge < -0.3 is 16.0 Å². The number of benzene rings is 1. The van der Waals surface area contributed by atoms with E-state index in [1.807, 2.05) is 6.92 Å². The number of aromatic nitrogens is 1. The summed E-state index contributed by atoms with van der Waals surface area (Å²) in [6.07, 6.45) is 1.38. The van der Waals surface area contributed by atoms with Gasteiger partial charge in [-0.05, 0) is 36.8 Å². The zero-order valence-electron chi connectivity index (χ0n) is 9.86. The van der Waals surface area contributed by atoms with Gasteiger partial charge in [0.1, 0.15) is 0 Å². The number of nitrogens with two attached hydrogens (primary N) is 1. The van der Waals surface area contributed by atoms with Gasteiger partial charge >= 0.3 is 0 Å². The Hall–Kier alpha value is -2.56. The van der Waals surface area contributed by atoms with E-state index in [0.29, 0.717) is 16.9 Å². The van der Waals surface area contributed by atoms with Crippen LogP contribution in [0.15, 0.2) is 41.3 Å². The SMILES string of the molecule is Cc1cc(N)ccc1NC(=O)c1ccc(=O)[nH]c1. The Morgan fingerprint density at radius 3 is 2.67 bits per heavy atom. The largest absolute Gasteiger partial charge is 0.399 e. The number of aromatic amines is 1. The third-order valence-corrected chi connectivity index (χ3v) is 2.55. The molecule has 5 nitrogen and oxygen atoms in total. The first-order chi connectivity index (χ1) is 8.56. The Morgan fingerprint density at radius 1 is 1.28 bits per heavy atom. The van der Waals surface area contributed by atoms with E-state index >= 15 is 0 Å². The van der Waals surface area contributed by atoms with Gasteiger partial charge in [-0.1, -0.05) is 0 Å². The summed E-state index contributed by atoms with van der Waals surface area (Å²) < 4.78 is 0. The van der Waals surface area contributed by atoms with Crippen LogP contribution >= 0.6 is 0 Å². The fourth-order valence-electron chi connectivity index (χ4n) is 1.57. The fraction of sp³-hybridized carbons (Fsp3) is 0.0769. The van der Waals surface area contributed by atoms with Crippen LogP contribution in [0.3, 0.4) is 0 Å². The van der Waals surface area contributed by atoms with Crippen LogP contribution in [-0.4, -0.2) is 10.9 Å². The number of anilines is 2. The number of nitrogens with one attached hydrogen (secondary N) is 2. The van der Waals surface area contributed by atoms with E-state index in [9.17, 15) is 9.59 Å². The van der Waals surface area contributed by atoms with Crippen LogP contribution < -0.4 is 16.6 Å². The fourth-order valence-corrected chi connectivity index (χ4v) is 1.57. The molecule has 0 saturated heterocycles. The van der Waals surface area contributed by atoms with Gasteiger partial charge in [0.25, 0.3) is 5.91 Å². The molecule has 0 atom stereocenters. The number of rotatable bonds is 2.